The van der Waals surface area contributed by atoms with Gasteiger partial charge in [-0.3, -0.25) is 4.90 Å². The van der Waals surface area contributed by atoms with E-state index in [1.54, 1.807) is 0 Å². The Morgan fingerprint density at radius 3 is 2.40 bits per heavy atom. The lowest BCUT2D eigenvalue weighted by Crippen LogP contribution is -2.50. The molecule has 1 atom stereocenters. The van der Waals surface area contributed by atoms with Crippen LogP contribution in [0.3, 0.4) is 0 Å². The van der Waals surface area contributed by atoms with Gasteiger partial charge in [0.25, 0.3) is 0 Å². The molecule has 0 bridgehead atoms. The molecule has 1 aromatic heterocycles. The lowest BCUT2D eigenvalue weighted by molar-refractivity contribution is 0.407. The van der Waals surface area contributed by atoms with Gasteiger partial charge in [0.1, 0.15) is 6.17 Å². The van der Waals surface area contributed by atoms with Crippen molar-refractivity contribution in [2.75, 3.05) is 28.2 Å². The van der Waals surface area contributed by atoms with Crippen LogP contribution in [0.2, 0.25) is 0 Å². The Hall–Kier alpha value is -1.56. The normalized spacial score (nSPS) is 18.7. The Labute approximate surface area is 125 Å². The number of hydrogen-bond acceptors (Lipinski definition) is 6. The average Bonchev–Trinajstić information content (AvgIpc) is 2.76. The van der Waals surface area contributed by atoms with Crippen molar-refractivity contribution >= 4 is 23.3 Å². The largest absolute Gasteiger partial charge is 0.349 e. The predicted octanol–water partition coefficient (Wildman–Crippen LogP) is 2.05. The Morgan fingerprint density at radius 1 is 1.20 bits per heavy atom. The first-order valence-electron chi connectivity index (χ1n) is 6.71. The number of thiophene rings is 1. The van der Waals surface area contributed by atoms with Gasteiger partial charge in [-0.2, -0.15) is 0 Å². The molecule has 0 saturated heterocycles. The van der Waals surface area contributed by atoms with Gasteiger partial charge in [-0.15, -0.1) is 11.3 Å². The fraction of sp³-hybridized carbons (Fsp3) is 0.571. The van der Waals surface area contributed by atoms with E-state index in [9.17, 15) is 0 Å². The summed E-state index contributed by atoms with van der Waals surface area (Å²) in [6.07, 6.45) is -0.0360. The molecule has 1 aliphatic rings. The minimum absolute atomic E-state index is 0.0360. The van der Waals surface area contributed by atoms with E-state index in [0.29, 0.717) is 0 Å². The van der Waals surface area contributed by atoms with E-state index < -0.39 is 0 Å². The van der Waals surface area contributed by atoms with Crippen LogP contribution in [0.15, 0.2) is 22.1 Å². The first-order chi connectivity index (χ1) is 9.38. The van der Waals surface area contributed by atoms with Crippen molar-refractivity contribution in [3.05, 3.63) is 21.9 Å². The Kier molecular flexibility index (Phi) is 4.32. The van der Waals surface area contributed by atoms with E-state index in [1.807, 2.05) is 49.2 Å². The van der Waals surface area contributed by atoms with E-state index in [0.717, 1.165) is 18.5 Å². The van der Waals surface area contributed by atoms with Crippen LogP contribution in [0.4, 0.5) is 0 Å². The minimum atomic E-state index is -0.0360. The summed E-state index contributed by atoms with van der Waals surface area (Å²) in [4.78, 5) is 18.2. The molecule has 1 aromatic rings. The molecule has 2 heterocycles. The number of rotatable bonds is 2. The summed E-state index contributed by atoms with van der Waals surface area (Å²) in [6.45, 7) is 5.02. The van der Waals surface area contributed by atoms with Gasteiger partial charge in [0.05, 0.1) is 6.54 Å². The van der Waals surface area contributed by atoms with Gasteiger partial charge in [0, 0.05) is 37.9 Å². The summed E-state index contributed by atoms with van der Waals surface area (Å²) >= 11 is 1.83. The molecule has 0 N–H and O–H groups in total. The molecular weight excluding hydrogens is 270 g/mol. The second-order valence-corrected chi connectivity index (χ2v) is 6.68. The van der Waals surface area contributed by atoms with Crippen molar-refractivity contribution in [2.45, 2.75) is 26.6 Å². The van der Waals surface area contributed by atoms with E-state index in [-0.39, 0.29) is 6.17 Å². The highest BCUT2D eigenvalue weighted by atomic mass is 32.1. The van der Waals surface area contributed by atoms with Crippen LogP contribution in [-0.2, 0) is 6.54 Å². The zero-order valence-corrected chi connectivity index (χ0v) is 13.9. The first-order valence-corrected chi connectivity index (χ1v) is 7.53. The molecule has 1 aliphatic heterocycles. The van der Waals surface area contributed by atoms with Crippen molar-refractivity contribution in [3.63, 3.8) is 0 Å². The number of aryl methyl sites for hydroxylation is 1. The molecule has 0 saturated carbocycles. The molecular formula is C14H23N5S. The van der Waals surface area contributed by atoms with Crippen LogP contribution in [-0.4, -0.2) is 61.0 Å². The van der Waals surface area contributed by atoms with Crippen LogP contribution in [0, 0.1) is 6.92 Å². The topological polar surface area (TPSA) is 34.4 Å². The molecule has 2 rings (SSSR count). The smallest absolute Gasteiger partial charge is 0.205 e. The SMILES string of the molecule is Cc1ccc(CN(C)C2=NC(C)N=C(N(C)C)N2C)s1. The second-order valence-electron chi connectivity index (χ2n) is 5.31. The van der Waals surface area contributed by atoms with E-state index in [1.165, 1.54) is 9.75 Å². The minimum Gasteiger partial charge on any atom is -0.349 e. The molecule has 0 spiro atoms. The molecule has 6 heteroatoms. The van der Waals surface area contributed by atoms with Crippen LogP contribution in [0.5, 0.6) is 0 Å². The van der Waals surface area contributed by atoms with Crippen molar-refractivity contribution in [1.29, 1.82) is 0 Å². The summed E-state index contributed by atoms with van der Waals surface area (Å²) in [5.74, 6) is 1.90. The lowest BCUT2D eigenvalue weighted by Gasteiger charge is -2.35. The number of guanidine groups is 2. The third kappa shape index (κ3) is 3.12. The number of nitrogens with zero attached hydrogens (tertiary/aromatic N) is 5. The first kappa shape index (κ1) is 14.8. The third-order valence-corrected chi connectivity index (χ3v) is 4.12. The van der Waals surface area contributed by atoms with Gasteiger partial charge in [-0.25, -0.2) is 9.98 Å². The maximum absolute atomic E-state index is 4.66. The zero-order valence-electron chi connectivity index (χ0n) is 13.1. The van der Waals surface area contributed by atoms with Gasteiger partial charge < -0.3 is 9.80 Å². The Bertz CT molecular complexity index is 531. The van der Waals surface area contributed by atoms with Crippen LogP contribution in [0.1, 0.15) is 16.7 Å². The predicted molar refractivity (Wildman–Crippen MR) is 86.3 cm³/mol. The summed E-state index contributed by atoms with van der Waals surface area (Å²) in [6, 6.07) is 4.35. The van der Waals surface area contributed by atoms with E-state index >= 15 is 0 Å². The molecule has 110 valence electrons. The molecule has 0 aromatic carbocycles. The quantitative estimate of drug-likeness (QED) is 0.837. The molecule has 5 nitrogen and oxygen atoms in total. The fourth-order valence-corrected chi connectivity index (χ4v) is 3.21. The van der Waals surface area contributed by atoms with Crippen molar-refractivity contribution in [3.8, 4) is 0 Å². The maximum Gasteiger partial charge on any atom is 0.205 e. The Balaban J connectivity index is 2.15. The zero-order chi connectivity index (χ0) is 14.9. The average molecular weight is 293 g/mol. The fourth-order valence-electron chi connectivity index (χ4n) is 2.27. The molecule has 0 fully saturated rings. The molecule has 0 radical (unpaired) electrons. The van der Waals surface area contributed by atoms with E-state index in [2.05, 4.69) is 41.0 Å². The van der Waals surface area contributed by atoms with E-state index in [4.69, 9.17) is 0 Å². The van der Waals surface area contributed by atoms with Crippen LogP contribution in [0.25, 0.3) is 0 Å². The van der Waals surface area contributed by atoms with Crippen LogP contribution < -0.4 is 0 Å². The molecule has 20 heavy (non-hydrogen) atoms. The highest BCUT2D eigenvalue weighted by Gasteiger charge is 2.24. The molecule has 0 amide bonds. The molecule has 0 aliphatic carbocycles. The number of aliphatic imine (C=N–C) groups is 2. The van der Waals surface area contributed by atoms with Crippen molar-refractivity contribution < 1.29 is 0 Å². The highest BCUT2D eigenvalue weighted by molar-refractivity contribution is 7.11. The van der Waals surface area contributed by atoms with Crippen LogP contribution >= 0.6 is 11.3 Å². The summed E-state index contributed by atoms with van der Waals surface area (Å²) in [5.41, 5.74) is 0. The summed E-state index contributed by atoms with van der Waals surface area (Å²) < 4.78 is 0. The standard InChI is InChI=1S/C14H23N5S/c1-10-7-8-12(20-10)9-18(5)14-16-11(2)15-13(17(3)4)19(14)6/h7-8,11H,9H2,1-6H3. The third-order valence-electron chi connectivity index (χ3n) is 3.14. The maximum atomic E-state index is 4.66. The summed E-state index contributed by atoms with van der Waals surface area (Å²) in [7, 11) is 8.11. The highest BCUT2D eigenvalue weighted by Crippen LogP contribution is 2.18. The number of hydrogen-bond donors (Lipinski definition) is 0. The van der Waals surface area contributed by atoms with Gasteiger partial charge in [0.2, 0.25) is 11.9 Å². The lowest BCUT2D eigenvalue weighted by atomic mass is 10.4. The summed E-state index contributed by atoms with van der Waals surface area (Å²) in [5, 5.41) is 0. The monoisotopic (exact) mass is 293 g/mol. The van der Waals surface area contributed by atoms with Gasteiger partial charge in [-0.05, 0) is 26.0 Å². The molecule has 1 unspecified atom stereocenters. The van der Waals surface area contributed by atoms with Crippen molar-refractivity contribution in [1.82, 2.24) is 14.7 Å². The van der Waals surface area contributed by atoms with Crippen molar-refractivity contribution in [2.24, 2.45) is 9.98 Å². The van der Waals surface area contributed by atoms with Gasteiger partial charge in [-0.1, -0.05) is 0 Å². The van der Waals surface area contributed by atoms with Gasteiger partial charge >= 0.3 is 0 Å². The Morgan fingerprint density at radius 2 is 1.85 bits per heavy atom. The van der Waals surface area contributed by atoms with Gasteiger partial charge in [0.15, 0.2) is 0 Å². The second kappa shape index (κ2) is 5.83.